The highest BCUT2D eigenvalue weighted by molar-refractivity contribution is 7.12. The molecule has 0 aliphatic heterocycles. The average Bonchev–Trinajstić information content (AvgIpc) is 3.06. The standard InChI is InChI=1S/C17H10ClF3N2OS/c18-11-6-7-13(12(8-11)17(19,20)21)23-16(24)15-14(22-9-25-15)10-4-2-1-3-5-10/h1-9H,(H,23,24). The van der Waals surface area contributed by atoms with Gasteiger partial charge in [0.1, 0.15) is 4.88 Å². The molecule has 0 bridgehead atoms. The van der Waals surface area contributed by atoms with E-state index in [2.05, 4.69) is 10.3 Å². The molecule has 0 radical (unpaired) electrons. The third-order valence-corrected chi connectivity index (χ3v) is 4.42. The molecule has 1 amide bonds. The number of hydrogen-bond acceptors (Lipinski definition) is 3. The van der Waals surface area contributed by atoms with Crippen molar-refractivity contribution in [3.63, 3.8) is 0 Å². The van der Waals surface area contributed by atoms with Gasteiger partial charge in [0.25, 0.3) is 5.91 Å². The third kappa shape index (κ3) is 3.83. The van der Waals surface area contributed by atoms with Crippen LogP contribution in [0.4, 0.5) is 18.9 Å². The van der Waals surface area contributed by atoms with Gasteiger partial charge in [0.05, 0.1) is 22.5 Å². The maximum Gasteiger partial charge on any atom is 0.418 e. The van der Waals surface area contributed by atoms with E-state index < -0.39 is 17.6 Å². The fourth-order valence-electron chi connectivity index (χ4n) is 2.25. The fraction of sp³-hybridized carbons (Fsp3) is 0.0588. The second-order valence-electron chi connectivity index (χ2n) is 5.04. The number of hydrogen-bond donors (Lipinski definition) is 1. The van der Waals surface area contributed by atoms with E-state index in [1.165, 1.54) is 11.6 Å². The number of anilines is 1. The van der Waals surface area contributed by atoms with Crippen LogP contribution in [0.2, 0.25) is 5.02 Å². The number of carbonyl (C=O) groups excluding carboxylic acids is 1. The molecule has 3 aromatic rings. The van der Waals surface area contributed by atoms with Crippen LogP contribution in [-0.2, 0) is 6.18 Å². The van der Waals surface area contributed by atoms with E-state index in [1.54, 1.807) is 24.3 Å². The van der Waals surface area contributed by atoms with Gasteiger partial charge in [0.15, 0.2) is 0 Å². The first-order valence-corrected chi connectivity index (χ1v) is 8.29. The first kappa shape index (κ1) is 17.4. The highest BCUT2D eigenvalue weighted by Gasteiger charge is 2.34. The molecule has 128 valence electrons. The lowest BCUT2D eigenvalue weighted by atomic mass is 10.1. The summed E-state index contributed by atoms with van der Waals surface area (Å²) in [6.45, 7) is 0. The van der Waals surface area contributed by atoms with Crippen molar-refractivity contribution in [1.82, 2.24) is 4.98 Å². The van der Waals surface area contributed by atoms with Crippen LogP contribution >= 0.6 is 22.9 Å². The topological polar surface area (TPSA) is 42.0 Å². The number of thiazole rings is 1. The van der Waals surface area contributed by atoms with Crippen LogP contribution in [0.15, 0.2) is 54.0 Å². The first-order valence-electron chi connectivity index (χ1n) is 7.03. The van der Waals surface area contributed by atoms with E-state index in [-0.39, 0.29) is 15.6 Å². The summed E-state index contributed by atoms with van der Waals surface area (Å²) in [7, 11) is 0. The van der Waals surface area contributed by atoms with Crippen LogP contribution in [0, 0.1) is 0 Å². The van der Waals surface area contributed by atoms with Crippen molar-refractivity contribution in [2.45, 2.75) is 6.18 Å². The summed E-state index contributed by atoms with van der Waals surface area (Å²) in [5.41, 5.74) is 1.25. The number of carbonyl (C=O) groups is 1. The third-order valence-electron chi connectivity index (χ3n) is 3.36. The number of nitrogens with zero attached hydrogens (tertiary/aromatic N) is 1. The molecule has 0 aliphatic carbocycles. The van der Waals surface area contributed by atoms with Crippen LogP contribution in [0.5, 0.6) is 0 Å². The average molecular weight is 383 g/mol. The zero-order chi connectivity index (χ0) is 18.0. The van der Waals surface area contributed by atoms with E-state index >= 15 is 0 Å². The quantitative estimate of drug-likeness (QED) is 0.628. The Morgan fingerprint density at radius 1 is 1.12 bits per heavy atom. The molecule has 0 saturated heterocycles. The second kappa shape index (κ2) is 6.85. The van der Waals surface area contributed by atoms with Crippen LogP contribution in [0.3, 0.4) is 0 Å². The lowest BCUT2D eigenvalue weighted by Crippen LogP contribution is -2.16. The molecule has 0 fully saturated rings. The lowest BCUT2D eigenvalue weighted by molar-refractivity contribution is -0.136. The van der Waals surface area contributed by atoms with E-state index in [0.29, 0.717) is 11.3 Å². The number of halogens is 4. The van der Waals surface area contributed by atoms with Gasteiger partial charge in [-0.15, -0.1) is 11.3 Å². The molecule has 25 heavy (non-hydrogen) atoms. The summed E-state index contributed by atoms with van der Waals surface area (Å²) in [4.78, 5) is 16.9. The molecule has 0 saturated carbocycles. The maximum absolute atomic E-state index is 13.1. The van der Waals surface area contributed by atoms with Crippen LogP contribution in [0.1, 0.15) is 15.2 Å². The van der Waals surface area contributed by atoms with Gasteiger partial charge in [-0.25, -0.2) is 4.98 Å². The first-order chi connectivity index (χ1) is 11.9. The van der Waals surface area contributed by atoms with Gasteiger partial charge >= 0.3 is 6.18 Å². The second-order valence-corrected chi connectivity index (χ2v) is 6.33. The molecular weight excluding hydrogens is 373 g/mol. The predicted molar refractivity (Wildman–Crippen MR) is 92.0 cm³/mol. The van der Waals surface area contributed by atoms with Gasteiger partial charge in [-0.2, -0.15) is 13.2 Å². The van der Waals surface area contributed by atoms with Crippen molar-refractivity contribution in [2.75, 3.05) is 5.32 Å². The number of aromatic nitrogens is 1. The molecule has 0 atom stereocenters. The predicted octanol–water partition coefficient (Wildman–Crippen LogP) is 5.73. The summed E-state index contributed by atoms with van der Waals surface area (Å²) in [5.74, 6) is -0.658. The highest BCUT2D eigenvalue weighted by atomic mass is 35.5. The Kier molecular flexibility index (Phi) is 4.78. The summed E-state index contributed by atoms with van der Waals surface area (Å²) < 4.78 is 39.4. The number of alkyl halides is 3. The minimum Gasteiger partial charge on any atom is -0.321 e. The van der Waals surface area contributed by atoms with Crippen molar-refractivity contribution in [3.05, 3.63) is 69.5 Å². The van der Waals surface area contributed by atoms with E-state index in [4.69, 9.17) is 11.6 Å². The Hall–Kier alpha value is -2.38. The Morgan fingerprint density at radius 3 is 2.52 bits per heavy atom. The van der Waals surface area contributed by atoms with Crippen molar-refractivity contribution < 1.29 is 18.0 Å². The van der Waals surface area contributed by atoms with Crippen molar-refractivity contribution in [1.29, 1.82) is 0 Å². The normalized spacial score (nSPS) is 11.4. The fourth-order valence-corrected chi connectivity index (χ4v) is 3.12. The van der Waals surface area contributed by atoms with Crippen molar-refractivity contribution in [3.8, 4) is 11.3 Å². The van der Waals surface area contributed by atoms with Crippen molar-refractivity contribution >= 4 is 34.5 Å². The molecule has 1 N–H and O–H groups in total. The Balaban J connectivity index is 1.94. The van der Waals surface area contributed by atoms with Gasteiger partial charge in [0.2, 0.25) is 0 Å². The maximum atomic E-state index is 13.1. The molecule has 2 aromatic carbocycles. The molecular formula is C17H10ClF3N2OS. The molecule has 3 rings (SSSR count). The monoisotopic (exact) mass is 382 g/mol. The largest absolute Gasteiger partial charge is 0.418 e. The molecule has 1 heterocycles. The summed E-state index contributed by atoms with van der Waals surface area (Å²) >= 11 is 6.70. The summed E-state index contributed by atoms with van der Waals surface area (Å²) in [6, 6.07) is 12.1. The van der Waals surface area contributed by atoms with Crippen LogP contribution < -0.4 is 5.32 Å². The van der Waals surface area contributed by atoms with Crippen molar-refractivity contribution in [2.24, 2.45) is 0 Å². The Labute approximate surface area is 150 Å². The molecule has 0 aliphatic rings. The molecule has 8 heteroatoms. The minimum absolute atomic E-state index is 0.0620. The number of benzene rings is 2. The minimum atomic E-state index is -4.64. The van der Waals surface area contributed by atoms with E-state index in [1.807, 2.05) is 6.07 Å². The molecule has 0 spiro atoms. The number of amides is 1. The van der Waals surface area contributed by atoms with Gasteiger partial charge in [-0.1, -0.05) is 41.9 Å². The van der Waals surface area contributed by atoms with Gasteiger partial charge in [-0.05, 0) is 18.2 Å². The highest BCUT2D eigenvalue weighted by Crippen LogP contribution is 2.37. The molecule has 0 unspecified atom stereocenters. The Morgan fingerprint density at radius 2 is 1.84 bits per heavy atom. The van der Waals surface area contributed by atoms with Crippen LogP contribution in [0.25, 0.3) is 11.3 Å². The summed E-state index contributed by atoms with van der Waals surface area (Å²) in [5, 5.41) is 2.25. The number of nitrogens with one attached hydrogen (secondary N) is 1. The zero-order valence-corrected chi connectivity index (χ0v) is 14.0. The Bertz CT molecular complexity index is 910. The molecule has 1 aromatic heterocycles. The number of rotatable bonds is 3. The SMILES string of the molecule is O=C(Nc1ccc(Cl)cc1C(F)(F)F)c1scnc1-c1ccccc1. The lowest BCUT2D eigenvalue weighted by Gasteiger charge is -2.14. The smallest absolute Gasteiger partial charge is 0.321 e. The molecule has 3 nitrogen and oxygen atoms in total. The van der Waals surface area contributed by atoms with E-state index in [0.717, 1.165) is 23.5 Å². The van der Waals surface area contributed by atoms with Gasteiger partial charge in [0, 0.05) is 10.6 Å². The zero-order valence-electron chi connectivity index (χ0n) is 12.5. The van der Waals surface area contributed by atoms with Crippen LogP contribution in [-0.4, -0.2) is 10.9 Å². The van der Waals surface area contributed by atoms with E-state index in [9.17, 15) is 18.0 Å². The van der Waals surface area contributed by atoms with Gasteiger partial charge in [-0.3, -0.25) is 4.79 Å². The summed E-state index contributed by atoms with van der Waals surface area (Å²) in [6.07, 6.45) is -4.64. The van der Waals surface area contributed by atoms with Gasteiger partial charge < -0.3 is 5.32 Å².